The average Bonchev–Trinajstić information content (AvgIpc) is 2.95. The highest BCUT2D eigenvalue weighted by atomic mass is 32.2. The Kier molecular flexibility index (Phi) is 6.43. The summed E-state index contributed by atoms with van der Waals surface area (Å²) in [6, 6.07) is 8.71. The fourth-order valence-electron chi connectivity index (χ4n) is 2.65. The number of nitrogens with zero attached hydrogens (tertiary/aromatic N) is 1. The van der Waals surface area contributed by atoms with E-state index in [0.717, 1.165) is 37.6 Å². The van der Waals surface area contributed by atoms with Crippen molar-refractivity contribution in [2.24, 2.45) is 5.92 Å². The van der Waals surface area contributed by atoms with E-state index in [4.69, 9.17) is 0 Å². The van der Waals surface area contributed by atoms with E-state index in [-0.39, 0.29) is 5.91 Å². The molecule has 1 fully saturated rings. The van der Waals surface area contributed by atoms with E-state index in [0.29, 0.717) is 12.3 Å². The fraction of sp³-hybridized carbons (Fsp3) is 0.588. The van der Waals surface area contributed by atoms with E-state index >= 15 is 0 Å². The Morgan fingerprint density at radius 1 is 1.38 bits per heavy atom. The summed E-state index contributed by atoms with van der Waals surface area (Å²) < 4.78 is 0. The van der Waals surface area contributed by atoms with E-state index in [1.54, 1.807) is 0 Å². The number of rotatable bonds is 7. The third-order valence-corrected chi connectivity index (χ3v) is 4.85. The fourth-order valence-corrected chi connectivity index (χ4v) is 3.26. The van der Waals surface area contributed by atoms with E-state index in [9.17, 15) is 4.79 Å². The summed E-state index contributed by atoms with van der Waals surface area (Å²) in [6.07, 6.45) is 1.81. The highest BCUT2D eigenvalue weighted by Crippen LogP contribution is 2.23. The van der Waals surface area contributed by atoms with Crippen molar-refractivity contribution in [1.29, 1.82) is 0 Å². The number of hydrogen-bond acceptors (Lipinski definition) is 3. The third kappa shape index (κ3) is 5.27. The zero-order valence-electron chi connectivity index (χ0n) is 13.1. The molecule has 0 bridgehead atoms. The van der Waals surface area contributed by atoms with Crippen LogP contribution in [0, 0.1) is 12.8 Å². The zero-order valence-corrected chi connectivity index (χ0v) is 13.9. The second kappa shape index (κ2) is 8.32. The molecule has 21 heavy (non-hydrogen) atoms. The molecule has 1 aromatic carbocycles. The van der Waals surface area contributed by atoms with Crippen LogP contribution in [0.4, 0.5) is 5.69 Å². The highest BCUT2D eigenvalue weighted by Gasteiger charge is 2.22. The molecule has 1 heterocycles. The molecular weight excluding hydrogens is 280 g/mol. The lowest BCUT2D eigenvalue weighted by Gasteiger charge is -2.19. The topological polar surface area (TPSA) is 32.3 Å². The van der Waals surface area contributed by atoms with Gasteiger partial charge in [-0.25, -0.2) is 0 Å². The number of aryl methyl sites for hydroxylation is 1. The van der Waals surface area contributed by atoms with Crippen LogP contribution in [-0.4, -0.2) is 37.0 Å². The lowest BCUT2D eigenvalue weighted by atomic mass is 10.1. The van der Waals surface area contributed by atoms with Gasteiger partial charge in [-0.05, 0) is 37.1 Å². The van der Waals surface area contributed by atoms with Crippen LogP contribution in [0.1, 0.15) is 25.3 Å². The van der Waals surface area contributed by atoms with Crippen LogP contribution < -0.4 is 10.2 Å². The summed E-state index contributed by atoms with van der Waals surface area (Å²) in [6.45, 7) is 7.20. The van der Waals surface area contributed by atoms with Crippen LogP contribution in [0.3, 0.4) is 0 Å². The average molecular weight is 306 g/mol. The Morgan fingerprint density at radius 2 is 2.14 bits per heavy atom. The lowest BCUT2D eigenvalue weighted by Crippen LogP contribution is -2.31. The first-order valence-electron chi connectivity index (χ1n) is 7.85. The maximum Gasteiger partial charge on any atom is 0.220 e. The van der Waals surface area contributed by atoms with Gasteiger partial charge in [0.05, 0.1) is 0 Å². The summed E-state index contributed by atoms with van der Waals surface area (Å²) >= 11 is 1.82. The second-order valence-electron chi connectivity index (χ2n) is 5.69. The van der Waals surface area contributed by atoms with Gasteiger partial charge in [0, 0.05) is 37.5 Å². The number of carbonyl (C=O) groups is 1. The standard InChI is InChI=1S/C17H26N2OS/c1-3-21-11-9-17(20)18-12-15-8-10-19(13-15)16-6-4-14(2)5-7-16/h4-7,15H,3,8-13H2,1-2H3,(H,18,20)/t15-/m0/s1. The van der Waals surface area contributed by atoms with Crippen molar-refractivity contribution in [2.45, 2.75) is 26.7 Å². The maximum atomic E-state index is 11.7. The van der Waals surface area contributed by atoms with E-state index in [2.05, 4.69) is 48.3 Å². The number of nitrogens with one attached hydrogen (secondary N) is 1. The normalized spacial score (nSPS) is 18.0. The predicted octanol–water partition coefficient (Wildman–Crippen LogP) is 3.08. The van der Waals surface area contributed by atoms with Crippen LogP contribution in [0.5, 0.6) is 0 Å². The van der Waals surface area contributed by atoms with Gasteiger partial charge in [0.2, 0.25) is 5.91 Å². The van der Waals surface area contributed by atoms with Gasteiger partial charge in [-0.2, -0.15) is 11.8 Å². The van der Waals surface area contributed by atoms with Gasteiger partial charge in [0.1, 0.15) is 0 Å². The highest BCUT2D eigenvalue weighted by molar-refractivity contribution is 7.99. The van der Waals surface area contributed by atoms with E-state index in [1.807, 2.05) is 11.8 Å². The smallest absolute Gasteiger partial charge is 0.220 e. The molecule has 1 saturated heterocycles. The molecule has 0 saturated carbocycles. The Labute approximate surface area is 132 Å². The largest absolute Gasteiger partial charge is 0.371 e. The minimum Gasteiger partial charge on any atom is -0.371 e. The number of thioether (sulfide) groups is 1. The number of anilines is 1. The van der Waals surface area contributed by atoms with E-state index in [1.165, 1.54) is 11.3 Å². The molecule has 1 atom stereocenters. The van der Waals surface area contributed by atoms with Crippen molar-refractivity contribution in [3.8, 4) is 0 Å². The molecule has 0 unspecified atom stereocenters. The molecule has 2 rings (SSSR count). The van der Waals surface area contributed by atoms with Gasteiger partial charge in [0.15, 0.2) is 0 Å². The SMILES string of the molecule is CCSCCC(=O)NC[C@@H]1CCN(c2ccc(C)cc2)C1. The summed E-state index contributed by atoms with van der Waals surface area (Å²) in [5.41, 5.74) is 2.60. The Bertz CT molecular complexity index is 447. The molecule has 3 nitrogen and oxygen atoms in total. The minimum atomic E-state index is 0.199. The third-order valence-electron chi connectivity index (χ3n) is 3.95. The molecule has 1 amide bonds. The van der Waals surface area contributed by atoms with Gasteiger partial charge in [0.25, 0.3) is 0 Å². The van der Waals surface area contributed by atoms with Crippen LogP contribution in [0.2, 0.25) is 0 Å². The first-order valence-corrected chi connectivity index (χ1v) is 9.00. The Hall–Kier alpha value is -1.16. The van der Waals surface area contributed by atoms with Gasteiger partial charge in [-0.3, -0.25) is 4.79 Å². The lowest BCUT2D eigenvalue weighted by molar-refractivity contribution is -0.120. The number of hydrogen-bond donors (Lipinski definition) is 1. The Morgan fingerprint density at radius 3 is 2.86 bits per heavy atom. The second-order valence-corrected chi connectivity index (χ2v) is 7.08. The first-order chi connectivity index (χ1) is 10.2. The molecular formula is C17H26N2OS. The molecule has 1 aromatic rings. The van der Waals surface area contributed by atoms with Gasteiger partial charge in [-0.15, -0.1) is 0 Å². The summed E-state index contributed by atoms with van der Waals surface area (Å²) in [5.74, 6) is 2.79. The number of carbonyl (C=O) groups excluding carboxylic acids is 1. The van der Waals surface area contributed by atoms with Crippen molar-refractivity contribution in [3.05, 3.63) is 29.8 Å². The van der Waals surface area contributed by atoms with Crippen LogP contribution in [0.15, 0.2) is 24.3 Å². The molecule has 1 aliphatic heterocycles. The molecule has 1 N–H and O–H groups in total. The predicted molar refractivity (Wildman–Crippen MR) is 92.1 cm³/mol. The van der Waals surface area contributed by atoms with Crippen molar-refractivity contribution in [1.82, 2.24) is 5.32 Å². The monoisotopic (exact) mass is 306 g/mol. The van der Waals surface area contributed by atoms with Gasteiger partial charge in [-0.1, -0.05) is 24.6 Å². The maximum absolute atomic E-state index is 11.7. The quantitative estimate of drug-likeness (QED) is 0.786. The molecule has 116 valence electrons. The summed E-state index contributed by atoms with van der Waals surface area (Å²) in [4.78, 5) is 14.1. The minimum absolute atomic E-state index is 0.199. The molecule has 4 heteroatoms. The molecule has 1 aliphatic rings. The van der Waals surface area contributed by atoms with Crippen molar-refractivity contribution in [3.63, 3.8) is 0 Å². The van der Waals surface area contributed by atoms with Crippen LogP contribution in [-0.2, 0) is 4.79 Å². The van der Waals surface area contributed by atoms with Crippen molar-refractivity contribution in [2.75, 3.05) is 36.0 Å². The van der Waals surface area contributed by atoms with Crippen LogP contribution in [0.25, 0.3) is 0 Å². The first kappa shape index (κ1) is 16.2. The molecule has 0 spiro atoms. The molecule has 0 radical (unpaired) electrons. The summed E-state index contributed by atoms with van der Waals surface area (Å²) in [7, 11) is 0. The zero-order chi connectivity index (χ0) is 15.1. The van der Waals surface area contributed by atoms with Crippen LogP contribution >= 0.6 is 11.8 Å². The van der Waals surface area contributed by atoms with E-state index < -0.39 is 0 Å². The molecule has 0 aliphatic carbocycles. The van der Waals surface area contributed by atoms with Crippen molar-refractivity contribution < 1.29 is 4.79 Å². The number of amides is 1. The number of benzene rings is 1. The van der Waals surface area contributed by atoms with Crippen molar-refractivity contribution >= 4 is 23.4 Å². The molecule has 0 aromatic heterocycles. The Balaban J connectivity index is 1.70. The van der Waals surface area contributed by atoms with Gasteiger partial charge >= 0.3 is 0 Å². The van der Waals surface area contributed by atoms with Gasteiger partial charge < -0.3 is 10.2 Å². The summed E-state index contributed by atoms with van der Waals surface area (Å²) in [5, 5.41) is 3.09.